The molecule has 9 nitrogen and oxygen atoms in total. The molecule has 1 saturated heterocycles. The molecule has 0 saturated carbocycles. The van der Waals surface area contributed by atoms with Crippen LogP contribution in [0.15, 0.2) is 48.7 Å². The second kappa shape index (κ2) is 9.01. The Balaban J connectivity index is 1.36. The number of fused-ring (bicyclic) bond motifs is 1. The molecule has 166 valence electrons. The maximum atomic E-state index is 12.7. The van der Waals surface area contributed by atoms with Gasteiger partial charge in [-0.2, -0.15) is 0 Å². The average molecular weight is 436 g/mol. The summed E-state index contributed by atoms with van der Waals surface area (Å²) in [6.07, 6.45) is 2.10. The zero-order chi connectivity index (χ0) is 22.7. The molecule has 1 fully saturated rings. The topological polar surface area (TPSA) is 113 Å². The summed E-state index contributed by atoms with van der Waals surface area (Å²) in [5.74, 6) is 0.423. The van der Waals surface area contributed by atoms with Crippen molar-refractivity contribution in [3.05, 3.63) is 54.2 Å². The third-order valence-electron chi connectivity index (χ3n) is 5.44. The predicted octanol–water partition coefficient (Wildman–Crippen LogP) is 2.68. The van der Waals surface area contributed by atoms with Gasteiger partial charge in [-0.3, -0.25) is 14.5 Å². The summed E-state index contributed by atoms with van der Waals surface area (Å²) >= 11 is 0. The average Bonchev–Trinajstić information content (AvgIpc) is 3.37. The summed E-state index contributed by atoms with van der Waals surface area (Å²) in [5, 5.41) is 6.30. The molecular weight excluding hydrogens is 412 g/mol. The number of hydrogen-bond acceptors (Lipinski definition) is 5. The third-order valence-corrected chi connectivity index (χ3v) is 5.44. The number of methoxy groups -OCH3 is 2. The van der Waals surface area contributed by atoms with Crippen molar-refractivity contribution in [1.82, 2.24) is 15.2 Å². The minimum Gasteiger partial charge on any atom is -0.493 e. The Hall–Kier alpha value is -4.01. The molecule has 3 aromatic rings. The van der Waals surface area contributed by atoms with Crippen LogP contribution in [0.1, 0.15) is 12.0 Å². The van der Waals surface area contributed by atoms with Gasteiger partial charge in [-0.25, -0.2) is 4.79 Å². The van der Waals surface area contributed by atoms with Crippen molar-refractivity contribution in [3.8, 4) is 11.5 Å². The number of nitrogens with zero attached hydrogens (tertiary/aromatic N) is 1. The Bertz CT molecular complexity index is 1170. The molecule has 1 aliphatic heterocycles. The van der Waals surface area contributed by atoms with Crippen molar-refractivity contribution in [2.24, 2.45) is 0 Å². The molecule has 0 bridgehead atoms. The van der Waals surface area contributed by atoms with Crippen LogP contribution in [0.5, 0.6) is 11.5 Å². The number of imide groups is 1. The van der Waals surface area contributed by atoms with Gasteiger partial charge < -0.3 is 25.1 Å². The van der Waals surface area contributed by atoms with Gasteiger partial charge in [0.2, 0.25) is 5.91 Å². The molecule has 0 unspecified atom stereocenters. The SMILES string of the molecule is COc1ccc(CCN2C(=O)N[C@H](CC(=O)Nc3cccc4[nH]ccc34)C2=O)cc1OC. The molecule has 2 aromatic carbocycles. The van der Waals surface area contributed by atoms with Crippen LogP contribution in [0.25, 0.3) is 10.9 Å². The molecule has 4 rings (SSSR count). The smallest absolute Gasteiger partial charge is 0.324 e. The molecule has 1 atom stereocenters. The van der Waals surface area contributed by atoms with E-state index in [0.717, 1.165) is 21.4 Å². The standard InChI is InChI=1S/C23H24N4O5/c1-31-19-7-6-14(12-20(19)32-2)9-11-27-22(29)18(26-23(27)30)13-21(28)25-17-5-3-4-16-15(17)8-10-24-16/h3-8,10,12,18,24H,9,11,13H2,1-2H3,(H,25,28)(H,26,30)/t18-/m1/s1. The van der Waals surface area contributed by atoms with Crippen LogP contribution in [0.4, 0.5) is 10.5 Å². The highest BCUT2D eigenvalue weighted by Crippen LogP contribution is 2.28. The van der Waals surface area contributed by atoms with Crippen molar-refractivity contribution in [2.75, 3.05) is 26.1 Å². The highest BCUT2D eigenvalue weighted by atomic mass is 16.5. The number of aromatic amines is 1. The Morgan fingerprint density at radius 3 is 2.69 bits per heavy atom. The Kier molecular flexibility index (Phi) is 5.98. The first-order valence-electron chi connectivity index (χ1n) is 10.2. The first-order chi connectivity index (χ1) is 15.5. The van der Waals surface area contributed by atoms with E-state index in [2.05, 4.69) is 15.6 Å². The van der Waals surface area contributed by atoms with Crippen LogP contribution in [0.3, 0.4) is 0 Å². The first-order valence-corrected chi connectivity index (χ1v) is 10.2. The number of ether oxygens (including phenoxy) is 2. The lowest BCUT2D eigenvalue weighted by Gasteiger charge is -2.14. The van der Waals surface area contributed by atoms with Gasteiger partial charge in [-0.05, 0) is 42.3 Å². The maximum Gasteiger partial charge on any atom is 0.324 e. The van der Waals surface area contributed by atoms with Crippen LogP contribution in [-0.4, -0.2) is 54.5 Å². The highest BCUT2D eigenvalue weighted by molar-refractivity contribution is 6.08. The van der Waals surface area contributed by atoms with Gasteiger partial charge in [0.25, 0.3) is 5.91 Å². The van der Waals surface area contributed by atoms with Gasteiger partial charge >= 0.3 is 6.03 Å². The monoisotopic (exact) mass is 436 g/mol. The van der Waals surface area contributed by atoms with Crippen molar-refractivity contribution >= 4 is 34.4 Å². The van der Waals surface area contributed by atoms with Crippen LogP contribution in [0, 0.1) is 0 Å². The van der Waals surface area contributed by atoms with Crippen LogP contribution >= 0.6 is 0 Å². The zero-order valence-corrected chi connectivity index (χ0v) is 17.8. The van der Waals surface area contributed by atoms with Crippen LogP contribution in [-0.2, 0) is 16.0 Å². The summed E-state index contributed by atoms with van der Waals surface area (Å²) in [6.45, 7) is 0.195. The van der Waals surface area contributed by atoms with E-state index >= 15 is 0 Å². The number of amides is 4. The number of anilines is 1. The van der Waals surface area contributed by atoms with Gasteiger partial charge in [0.1, 0.15) is 6.04 Å². The zero-order valence-electron chi connectivity index (χ0n) is 17.8. The predicted molar refractivity (Wildman–Crippen MR) is 119 cm³/mol. The molecule has 0 radical (unpaired) electrons. The second-order valence-electron chi connectivity index (χ2n) is 7.43. The van der Waals surface area contributed by atoms with Gasteiger partial charge in [0.05, 0.1) is 26.3 Å². The molecule has 0 spiro atoms. The number of hydrogen-bond donors (Lipinski definition) is 3. The van der Waals surface area contributed by atoms with Crippen molar-refractivity contribution in [2.45, 2.75) is 18.9 Å². The van der Waals surface area contributed by atoms with Gasteiger partial charge in [-0.1, -0.05) is 12.1 Å². The first kappa shape index (κ1) is 21.2. The molecule has 1 aromatic heterocycles. The molecule has 9 heteroatoms. The minimum atomic E-state index is -0.890. The van der Waals surface area contributed by atoms with E-state index in [-0.39, 0.29) is 18.9 Å². The lowest BCUT2D eigenvalue weighted by Crippen LogP contribution is -2.35. The van der Waals surface area contributed by atoms with E-state index in [1.807, 2.05) is 30.3 Å². The molecule has 1 aliphatic rings. The summed E-state index contributed by atoms with van der Waals surface area (Å²) < 4.78 is 10.5. The van der Waals surface area contributed by atoms with Gasteiger partial charge in [0.15, 0.2) is 11.5 Å². The lowest BCUT2D eigenvalue weighted by molar-refractivity contribution is -0.129. The van der Waals surface area contributed by atoms with Crippen molar-refractivity contribution in [3.63, 3.8) is 0 Å². The van der Waals surface area contributed by atoms with E-state index in [1.54, 1.807) is 32.5 Å². The highest BCUT2D eigenvalue weighted by Gasteiger charge is 2.38. The molecule has 3 N–H and O–H groups in total. The van der Waals surface area contributed by atoms with Gasteiger partial charge in [0, 0.05) is 23.6 Å². The van der Waals surface area contributed by atoms with Crippen LogP contribution < -0.4 is 20.1 Å². The minimum absolute atomic E-state index is 0.141. The van der Waals surface area contributed by atoms with E-state index in [0.29, 0.717) is 23.6 Å². The fourth-order valence-electron chi connectivity index (χ4n) is 3.79. The maximum absolute atomic E-state index is 12.7. The number of urea groups is 1. The second-order valence-corrected chi connectivity index (χ2v) is 7.43. The molecule has 2 heterocycles. The van der Waals surface area contributed by atoms with Crippen LogP contribution in [0.2, 0.25) is 0 Å². The molecular formula is C23H24N4O5. The number of benzene rings is 2. The number of H-pyrrole nitrogens is 1. The summed E-state index contributed by atoms with van der Waals surface area (Å²) in [4.78, 5) is 41.8. The van der Waals surface area contributed by atoms with Crippen molar-refractivity contribution in [1.29, 1.82) is 0 Å². The van der Waals surface area contributed by atoms with E-state index in [1.165, 1.54) is 0 Å². The Morgan fingerprint density at radius 2 is 1.91 bits per heavy atom. The number of carbonyl (C=O) groups excluding carboxylic acids is 3. The lowest BCUT2D eigenvalue weighted by atomic mass is 10.1. The fraction of sp³-hybridized carbons (Fsp3) is 0.261. The fourth-order valence-corrected chi connectivity index (χ4v) is 3.79. The van der Waals surface area contributed by atoms with E-state index in [4.69, 9.17) is 9.47 Å². The number of nitrogens with one attached hydrogen (secondary N) is 3. The summed E-state index contributed by atoms with van der Waals surface area (Å²) in [7, 11) is 3.10. The quantitative estimate of drug-likeness (QED) is 0.470. The van der Waals surface area contributed by atoms with E-state index < -0.39 is 18.0 Å². The van der Waals surface area contributed by atoms with Gasteiger partial charge in [-0.15, -0.1) is 0 Å². The normalized spacial score (nSPS) is 15.7. The number of rotatable bonds is 8. The third kappa shape index (κ3) is 4.22. The molecule has 32 heavy (non-hydrogen) atoms. The largest absolute Gasteiger partial charge is 0.493 e. The number of carbonyl (C=O) groups is 3. The Labute approximate surface area is 184 Å². The summed E-state index contributed by atoms with van der Waals surface area (Å²) in [6, 6.07) is 11.4. The summed E-state index contributed by atoms with van der Waals surface area (Å²) in [5.41, 5.74) is 2.44. The van der Waals surface area contributed by atoms with Crippen molar-refractivity contribution < 1.29 is 23.9 Å². The number of aromatic nitrogens is 1. The van der Waals surface area contributed by atoms with E-state index in [9.17, 15) is 14.4 Å². The molecule has 0 aliphatic carbocycles. The Morgan fingerprint density at radius 1 is 1.09 bits per heavy atom. The molecule has 4 amide bonds.